The molecule has 6 heteroatoms. The lowest BCUT2D eigenvalue weighted by atomic mass is 10.1. The number of benzene rings is 3. The summed E-state index contributed by atoms with van der Waals surface area (Å²) in [5, 5.41) is 0.494. The van der Waals surface area contributed by atoms with E-state index in [9.17, 15) is 9.59 Å². The molecule has 1 aliphatic rings. The van der Waals surface area contributed by atoms with E-state index in [1.54, 1.807) is 36.3 Å². The van der Waals surface area contributed by atoms with Gasteiger partial charge in [0.05, 0.1) is 35.0 Å². The third-order valence-corrected chi connectivity index (χ3v) is 5.68. The molecule has 0 N–H and O–H groups in total. The van der Waals surface area contributed by atoms with Gasteiger partial charge in [0.2, 0.25) is 0 Å². The molecule has 0 bridgehead atoms. The molecule has 1 aliphatic heterocycles. The van der Waals surface area contributed by atoms with Crippen molar-refractivity contribution in [2.75, 3.05) is 18.6 Å². The molecule has 0 atom stereocenters. The van der Waals surface area contributed by atoms with Crippen LogP contribution in [0.1, 0.15) is 18.3 Å². The van der Waals surface area contributed by atoms with E-state index in [4.69, 9.17) is 9.72 Å². The zero-order valence-electron chi connectivity index (χ0n) is 17.8. The van der Waals surface area contributed by atoms with Crippen molar-refractivity contribution in [3.8, 4) is 11.4 Å². The minimum Gasteiger partial charge on any atom is -0.495 e. The van der Waals surface area contributed by atoms with Gasteiger partial charge in [-0.2, -0.15) is 0 Å². The lowest BCUT2D eigenvalue weighted by Gasteiger charge is -2.15. The molecular formula is C26H21N3O3. The highest BCUT2D eigenvalue weighted by Crippen LogP contribution is 2.37. The van der Waals surface area contributed by atoms with Crippen LogP contribution in [0.3, 0.4) is 0 Å². The lowest BCUT2D eigenvalue weighted by molar-refractivity contribution is -0.112. The Morgan fingerprint density at radius 2 is 1.59 bits per heavy atom. The first-order chi connectivity index (χ1) is 15.6. The van der Waals surface area contributed by atoms with E-state index in [2.05, 4.69) is 0 Å². The number of ether oxygens (including phenoxy) is 1. The quantitative estimate of drug-likeness (QED) is 0.459. The summed E-state index contributed by atoms with van der Waals surface area (Å²) in [7, 11) is 1.56. The molecule has 0 unspecified atom stereocenters. The second-order valence-corrected chi connectivity index (χ2v) is 7.42. The summed E-state index contributed by atoms with van der Waals surface area (Å²) in [6, 6.07) is 22.2. The maximum absolute atomic E-state index is 13.6. The van der Waals surface area contributed by atoms with Crippen molar-refractivity contribution in [3.63, 3.8) is 0 Å². The van der Waals surface area contributed by atoms with E-state index in [-0.39, 0.29) is 11.5 Å². The number of fused-ring (bicyclic) bond motifs is 2. The van der Waals surface area contributed by atoms with Crippen LogP contribution in [0.2, 0.25) is 0 Å². The number of carbonyl (C=O) groups excluding carboxylic acids is 1. The van der Waals surface area contributed by atoms with Gasteiger partial charge in [-0.25, -0.2) is 4.98 Å². The first-order valence-corrected chi connectivity index (χ1v) is 10.4. The average molecular weight is 423 g/mol. The van der Waals surface area contributed by atoms with Gasteiger partial charge >= 0.3 is 0 Å². The Bertz CT molecular complexity index is 1450. The van der Waals surface area contributed by atoms with Gasteiger partial charge in [0.15, 0.2) is 0 Å². The van der Waals surface area contributed by atoms with Crippen molar-refractivity contribution in [1.82, 2.24) is 9.55 Å². The van der Waals surface area contributed by atoms with Gasteiger partial charge in [-0.05, 0) is 43.3 Å². The van der Waals surface area contributed by atoms with Crippen LogP contribution >= 0.6 is 0 Å². The molecule has 6 nitrogen and oxygen atoms in total. The Labute approximate surface area is 185 Å². The van der Waals surface area contributed by atoms with E-state index in [0.717, 1.165) is 11.3 Å². The number of nitrogens with zero attached hydrogens (tertiary/aromatic N) is 3. The molecule has 0 spiro atoms. The van der Waals surface area contributed by atoms with Crippen molar-refractivity contribution in [1.29, 1.82) is 0 Å². The fraction of sp³-hybridized carbons (Fsp3) is 0.115. The second-order valence-electron chi connectivity index (χ2n) is 7.42. The van der Waals surface area contributed by atoms with Crippen molar-refractivity contribution in [2.45, 2.75) is 6.92 Å². The van der Waals surface area contributed by atoms with Gasteiger partial charge in [-0.3, -0.25) is 14.2 Å². The zero-order valence-corrected chi connectivity index (χ0v) is 17.8. The number of anilines is 1. The van der Waals surface area contributed by atoms with Gasteiger partial charge in [0.1, 0.15) is 11.6 Å². The van der Waals surface area contributed by atoms with Crippen LogP contribution in [-0.4, -0.2) is 29.1 Å². The van der Waals surface area contributed by atoms with Gasteiger partial charge in [0.25, 0.3) is 11.5 Å². The molecular weight excluding hydrogens is 402 g/mol. The van der Waals surface area contributed by atoms with Gasteiger partial charge in [0, 0.05) is 12.1 Å². The van der Waals surface area contributed by atoms with Gasteiger partial charge in [-0.1, -0.05) is 42.5 Å². The third-order valence-electron chi connectivity index (χ3n) is 5.68. The second kappa shape index (κ2) is 7.81. The predicted octanol–water partition coefficient (Wildman–Crippen LogP) is 4.30. The molecule has 32 heavy (non-hydrogen) atoms. The standard InChI is InChI=1S/C26H21N3O3/c1-3-28-21-13-7-5-10-17(21)19(25(28)30)16-24-27-20-12-6-4-11-18(20)26(31)29(24)22-14-8-9-15-23(22)32-2/h4-16H,3H2,1-2H3. The summed E-state index contributed by atoms with van der Waals surface area (Å²) < 4.78 is 7.03. The molecule has 1 amide bonds. The number of methoxy groups -OCH3 is 1. The summed E-state index contributed by atoms with van der Waals surface area (Å²) in [4.78, 5) is 33.3. The van der Waals surface area contributed by atoms with Crippen LogP contribution in [0.4, 0.5) is 5.69 Å². The number of likely N-dealkylation sites (N-methyl/N-ethyl adjacent to an activating group) is 1. The number of aromatic nitrogens is 2. The number of amides is 1. The van der Waals surface area contributed by atoms with Crippen LogP contribution < -0.4 is 15.2 Å². The Kier molecular flexibility index (Phi) is 4.82. The first kappa shape index (κ1) is 19.8. The molecule has 1 aromatic heterocycles. The van der Waals surface area contributed by atoms with Crippen molar-refractivity contribution < 1.29 is 9.53 Å². The van der Waals surface area contributed by atoms with Crippen LogP contribution in [0.25, 0.3) is 28.2 Å². The summed E-state index contributed by atoms with van der Waals surface area (Å²) in [6.45, 7) is 2.49. The smallest absolute Gasteiger partial charge is 0.266 e. The SMILES string of the molecule is CCN1C(=O)C(=Cc2nc3ccccc3c(=O)n2-c2ccccc2OC)c2ccccc21. The first-order valence-electron chi connectivity index (χ1n) is 10.4. The monoisotopic (exact) mass is 423 g/mol. The largest absolute Gasteiger partial charge is 0.495 e. The van der Waals surface area contributed by atoms with Crippen LogP contribution in [-0.2, 0) is 4.79 Å². The highest BCUT2D eigenvalue weighted by atomic mass is 16.5. The van der Waals surface area contributed by atoms with E-state index in [0.29, 0.717) is 40.3 Å². The molecule has 0 aliphatic carbocycles. The number of hydrogen-bond acceptors (Lipinski definition) is 4. The van der Waals surface area contributed by atoms with Crippen molar-refractivity contribution in [2.24, 2.45) is 0 Å². The number of hydrogen-bond donors (Lipinski definition) is 0. The maximum atomic E-state index is 13.6. The topological polar surface area (TPSA) is 64.4 Å². The van der Waals surface area contributed by atoms with Crippen LogP contribution in [0.15, 0.2) is 77.6 Å². The fourth-order valence-electron chi connectivity index (χ4n) is 4.18. The molecule has 4 aromatic rings. The Morgan fingerprint density at radius 3 is 2.38 bits per heavy atom. The number of rotatable bonds is 4. The normalized spacial score (nSPS) is 14.2. The van der Waals surface area contributed by atoms with E-state index >= 15 is 0 Å². The summed E-state index contributed by atoms with van der Waals surface area (Å²) >= 11 is 0. The average Bonchev–Trinajstić information content (AvgIpc) is 3.10. The highest BCUT2D eigenvalue weighted by Gasteiger charge is 2.31. The predicted molar refractivity (Wildman–Crippen MR) is 126 cm³/mol. The maximum Gasteiger partial charge on any atom is 0.266 e. The molecule has 158 valence electrons. The zero-order chi connectivity index (χ0) is 22.2. The Hall–Kier alpha value is -4.19. The molecule has 0 fully saturated rings. The molecule has 2 heterocycles. The summed E-state index contributed by atoms with van der Waals surface area (Å²) in [5.74, 6) is 0.802. The van der Waals surface area contributed by atoms with Gasteiger partial charge < -0.3 is 9.64 Å². The van der Waals surface area contributed by atoms with Gasteiger partial charge in [-0.15, -0.1) is 0 Å². The van der Waals surface area contributed by atoms with Crippen molar-refractivity contribution in [3.05, 3.63) is 94.5 Å². The Morgan fingerprint density at radius 1 is 0.906 bits per heavy atom. The molecule has 0 saturated carbocycles. The van der Waals surface area contributed by atoms with Crippen molar-refractivity contribution >= 4 is 34.1 Å². The fourth-order valence-corrected chi connectivity index (χ4v) is 4.18. The molecule has 3 aromatic carbocycles. The molecule has 5 rings (SSSR count). The minimum atomic E-state index is -0.224. The lowest BCUT2D eigenvalue weighted by Crippen LogP contribution is -2.26. The van der Waals surface area contributed by atoms with Crippen LogP contribution in [0, 0.1) is 0 Å². The van der Waals surface area contributed by atoms with E-state index in [1.165, 1.54) is 4.57 Å². The molecule has 0 radical (unpaired) electrons. The van der Waals surface area contributed by atoms with E-state index in [1.807, 2.05) is 61.5 Å². The number of para-hydroxylation sites is 4. The highest BCUT2D eigenvalue weighted by molar-refractivity contribution is 6.35. The van der Waals surface area contributed by atoms with E-state index < -0.39 is 0 Å². The summed E-state index contributed by atoms with van der Waals surface area (Å²) in [6.07, 6.45) is 1.71. The third kappa shape index (κ3) is 3.00. The number of carbonyl (C=O) groups is 1. The molecule has 0 saturated heterocycles. The van der Waals surface area contributed by atoms with Crippen LogP contribution in [0.5, 0.6) is 5.75 Å². The minimum absolute atomic E-state index is 0.109. The Balaban J connectivity index is 1.84. The summed E-state index contributed by atoms with van der Waals surface area (Å²) in [5.41, 5.74) is 3.11.